The van der Waals surface area contributed by atoms with E-state index in [0.29, 0.717) is 0 Å². The van der Waals surface area contributed by atoms with Gasteiger partial charge in [-0.15, -0.1) is 0 Å². The molecule has 0 aliphatic carbocycles. The van der Waals surface area contributed by atoms with Gasteiger partial charge in [0, 0.05) is 0 Å². The van der Waals surface area contributed by atoms with Crippen LogP contribution in [0.4, 0.5) is 4.79 Å². The maximum Gasteiger partial charge on any atom is 0.417 e. The van der Waals surface area contributed by atoms with Crippen molar-refractivity contribution in [3.05, 3.63) is 35.9 Å². The smallest absolute Gasteiger partial charge is 0.417 e. The summed E-state index contributed by atoms with van der Waals surface area (Å²) in [5.74, 6) is -0.294. The maximum atomic E-state index is 12.5. The highest BCUT2D eigenvalue weighted by atomic mass is 28.4. The van der Waals surface area contributed by atoms with Crippen LogP contribution in [0.5, 0.6) is 0 Å². The average Bonchev–Trinajstić information content (AvgIpc) is 2.61. The van der Waals surface area contributed by atoms with Gasteiger partial charge >= 0.3 is 6.09 Å². The van der Waals surface area contributed by atoms with Crippen LogP contribution in [0.2, 0.25) is 18.1 Å². The molecule has 1 aliphatic rings. The highest BCUT2D eigenvalue weighted by molar-refractivity contribution is 6.73. The zero-order chi connectivity index (χ0) is 17.0. The second kappa shape index (κ2) is 7.27. The molecule has 1 aliphatic heterocycles. The summed E-state index contributed by atoms with van der Waals surface area (Å²) >= 11 is 0. The number of benzene rings is 1. The molecule has 1 aromatic rings. The molecule has 1 saturated heterocycles. The molecule has 0 unspecified atom stereocenters. The highest BCUT2D eigenvalue weighted by Gasteiger charge is 2.55. The van der Waals surface area contributed by atoms with Gasteiger partial charge in [0.1, 0.15) is 6.04 Å². The number of nitrogens with zero attached hydrogens (tertiary/aromatic N) is 1. The lowest BCUT2D eigenvalue weighted by Crippen LogP contribution is -2.64. The topological polar surface area (TPSA) is 55.8 Å². The van der Waals surface area contributed by atoms with Crippen molar-refractivity contribution in [1.29, 1.82) is 0 Å². The number of carbonyl (C=O) groups excluding carboxylic acids is 2. The van der Waals surface area contributed by atoms with Gasteiger partial charge in [-0.2, -0.15) is 0 Å². The first-order valence-corrected chi connectivity index (χ1v) is 10.7. The predicted molar refractivity (Wildman–Crippen MR) is 90.5 cm³/mol. The van der Waals surface area contributed by atoms with Gasteiger partial charge in [0.25, 0.3) is 5.91 Å². The minimum atomic E-state index is -1.94. The number of amides is 2. The molecule has 2 rings (SSSR count). The Labute approximate surface area is 138 Å². The summed E-state index contributed by atoms with van der Waals surface area (Å²) in [4.78, 5) is 25.6. The lowest BCUT2D eigenvalue weighted by Gasteiger charge is -2.47. The number of β-lactam (4-membered cyclic amide) rings is 1. The third-order valence-electron chi connectivity index (χ3n) is 4.87. The summed E-state index contributed by atoms with van der Waals surface area (Å²) in [6.07, 6.45) is -1.21. The van der Waals surface area contributed by atoms with E-state index in [1.54, 1.807) is 0 Å². The molecule has 23 heavy (non-hydrogen) atoms. The molecule has 0 radical (unpaired) electrons. The van der Waals surface area contributed by atoms with Crippen molar-refractivity contribution < 1.29 is 18.8 Å². The summed E-state index contributed by atoms with van der Waals surface area (Å²) in [5, 5.41) is 0. The van der Waals surface area contributed by atoms with Gasteiger partial charge in [-0.1, -0.05) is 51.1 Å². The Kier molecular flexibility index (Phi) is 5.59. The standard InChI is InChI=1S/C17H25NO4Si/c1-5-23(6-2,7-3)22-15-14(13-11-9-8-10-12-13)18(16(15)19)17(20)21-4/h8-12,14-15H,5-7H2,1-4H3/t14-,15+/m0/s1. The normalized spacial score (nSPS) is 21.0. The molecule has 0 N–H and O–H groups in total. The average molecular weight is 335 g/mol. The van der Waals surface area contributed by atoms with E-state index in [2.05, 4.69) is 20.8 Å². The predicted octanol–water partition coefficient (Wildman–Crippen LogP) is 3.73. The van der Waals surface area contributed by atoms with Crippen molar-refractivity contribution in [3.63, 3.8) is 0 Å². The molecular formula is C17H25NO4Si. The van der Waals surface area contributed by atoms with E-state index in [1.165, 1.54) is 12.0 Å². The Bertz CT molecular complexity index is 551. The molecule has 5 nitrogen and oxygen atoms in total. The fourth-order valence-corrected chi connectivity index (χ4v) is 5.89. The van der Waals surface area contributed by atoms with Crippen molar-refractivity contribution in [2.45, 2.75) is 51.0 Å². The van der Waals surface area contributed by atoms with Crippen LogP contribution < -0.4 is 0 Å². The fourth-order valence-electron chi connectivity index (χ4n) is 3.12. The van der Waals surface area contributed by atoms with Crippen LogP contribution in [0.3, 0.4) is 0 Å². The van der Waals surface area contributed by atoms with E-state index in [9.17, 15) is 9.59 Å². The second-order valence-corrected chi connectivity index (χ2v) is 10.5. The van der Waals surface area contributed by atoms with Crippen LogP contribution in [-0.2, 0) is 14.0 Å². The molecular weight excluding hydrogens is 310 g/mol. The number of hydrogen-bond acceptors (Lipinski definition) is 4. The third kappa shape index (κ3) is 3.18. The van der Waals surface area contributed by atoms with Crippen LogP contribution in [0.1, 0.15) is 32.4 Å². The number of ether oxygens (including phenoxy) is 1. The number of methoxy groups -OCH3 is 1. The molecule has 0 spiro atoms. The van der Waals surface area contributed by atoms with Gasteiger partial charge in [0.2, 0.25) is 0 Å². The molecule has 0 saturated carbocycles. The highest BCUT2D eigenvalue weighted by Crippen LogP contribution is 2.40. The molecule has 2 amide bonds. The lowest BCUT2D eigenvalue weighted by atomic mass is 9.91. The van der Waals surface area contributed by atoms with Crippen molar-refractivity contribution in [2.75, 3.05) is 7.11 Å². The number of rotatable bonds is 6. The summed E-state index contributed by atoms with van der Waals surface area (Å²) in [5.41, 5.74) is 0.897. The lowest BCUT2D eigenvalue weighted by molar-refractivity contribution is -0.160. The molecule has 1 aromatic carbocycles. The molecule has 1 fully saturated rings. The molecule has 0 bridgehead atoms. The largest absolute Gasteiger partial charge is 0.452 e. The van der Waals surface area contributed by atoms with Gasteiger partial charge in [0.05, 0.1) is 7.11 Å². The minimum absolute atomic E-state index is 0.294. The number of carbonyl (C=O) groups is 2. The second-order valence-electron chi connectivity index (χ2n) is 5.82. The van der Waals surface area contributed by atoms with Gasteiger partial charge in [0.15, 0.2) is 14.4 Å². The van der Waals surface area contributed by atoms with Crippen molar-refractivity contribution >= 4 is 20.3 Å². The molecule has 126 valence electrons. The Hall–Kier alpha value is -1.66. The first-order chi connectivity index (χ1) is 11.0. The van der Waals surface area contributed by atoms with Crippen LogP contribution >= 0.6 is 0 Å². The van der Waals surface area contributed by atoms with Gasteiger partial charge in [-0.3, -0.25) is 4.79 Å². The third-order valence-corrected chi connectivity index (χ3v) is 9.49. The number of imide groups is 1. The summed E-state index contributed by atoms with van der Waals surface area (Å²) < 4.78 is 11.1. The van der Waals surface area contributed by atoms with E-state index in [-0.39, 0.29) is 5.91 Å². The molecule has 0 aromatic heterocycles. The van der Waals surface area contributed by atoms with E-state index < -0.39 is 26.6 Å². The van der Waals surface area contributed by atoms with Crippen molar-refractivity contribution in [1.82, 2.24) is 4.90 Å². The Morgan fingerprint density at radius 1 is 1.13 bits per heavy atom. The first kappa shape index (κ1) is 17.7. The zero-order valence-electron chi connectivity index (χ0n) is 14.2. The summed E-state index contributed by atoms with van der Waals surface area (Å²) in [6, 6.07) is 12.0. The summed E-state index contributed by atoms with van der Waals surface area (Å²) in [7, 11) is -0.654. The van der Waals surface area contributed by atoms with E-state index in [0.717, 1.165) is 23.7 Å². The van der Waals surface area contributed by atoms with Crippen LogP contribution in [-0.4, -0.2) is 38.4 Å². The van der Waals surface area contributed by atoms with E-state index in [4.69, 9.17) is 9.16 Å². The number of likely N-dealkylation sites (tertiary alicyclic amines) is 1. The quantitative estimate of drug-likeness (QED) is 0.587. The fraction of sp³-hybridized carbons (Fsp3) is 0.529. The number of hydrogen-bond donors (Lipinski definition) is 0. The van der Waals surface area contributed by atoms with Crippen LogP contribution in [0.25, 0.3) is 0 Å². The van der Waals surface area contributed by atoms with Gasteiger partial charge in [-0.25, -0.2) is 9.69 Å². The zero-order valence-corrected chi connectivity index (χ0v) is 15.2. The van der Waals surface area contributed by atoms with E-state index in [1.807, 2.05) is 30.3 Å². The maximum absolute atomic E-state index is 12.5. The Morgan fingerprint density at radius 2 is 1.70 bits per heavy atom. The van der Waals surface area contributed by atoms with Crippen LogP contribution in [0.15, 0.2) is 30.3 Å². The van der Waals surface area contributed by atoms with Crippen LogP contribution in [0, 0.1) is 0 Å². The van der Waals surface area contributed by atoms with Gasteiger partial charge in [-0.05, 0) is 23.7 Å². The first-order valence-electron chi connectivity index (χ1n) is 8.17. The van der Waals surface area contributed by atoms with Crippen molar-refractivity contribution in [3.8, 4) is 0 Å². The van der Waals surface area contributed by atoms with E-state index >= 15 is 0 Å². The minimum Gasteiger partial charge on any atom is -0.452 e. The Morgan fingerprint density at radius 3 is 2.17 bits per heavy atom. The molecule has 6 heteroatoms. The monoisotopic (exact) mass is 335 g/mol. The van der Waals surface area contributed by atoms with Gasteiger partial charge < -0.3 is 9.16 Å². The Balaban J connectivity index is 2.31. The molecule has 2 atom stereocenters. The SMILES string of the molecule is CC[Si](CC)(CC)O[C@H]1C(=O)N(C(=O)OC)[C@H]1c1ccccc1. The summed E-state index contributed by atoms with van der Waals surface area (Å²) in [6.45, 7) is 6.37. The van der Waals surface area contributed by atoms with Crippen molar-refractivity contribution in [2.24, 2.45) is 0 Å². The molecule has 1 heterocycles.